The minimum atomic E-state index is -4.38. The van der Waals surface area contributed by atoms with Crippen LogP contribution in [0.1, 0.15) is 18.7 Å². The van der Waals surface area contributed by atoms with Gasteiger partial charge in [-0.15, -0.1) is 0 Å². The lowest BCUT2D eigenvalue weighted by Gasteiger charge is -2.29. The molecule has 51 heavy (non-hydrogen) atoms. The Morgan fingerprint density at radius 2 is 1.63 bits per heavy atom. The van der Waals surface area contributed by atoms with E-state index in [1.54, 1.807) is 7.05 Å². The topological polar surface area (TPSA) is 244 Å². The molecule has 2 aliphatic heterocycles. The molecule has 1 unspecified atom stereocenters. The number of nitrogens with two attached hydrogens (primary N) is 1. The highest BCUT2D eigenvalue weighted by Crippen LogP contribution is 2.61. The lowest BCUT2D eigenvalue weighted by molar-refractivity contribution is -0.0451. The van der Waals surface area contributed by atoms with Crippen molar-refractivity contribution in [3.8, 4) is 0 Å². The van der Waals surface area contributed by atoms with Crippen LogP contribution in [0.2, 0.25) is 0 Å². The predicted octanol–water partition coefficient (Wildman–Crippen LogP) is 3.04. The van der Waals surface area contributed by atoms with Crippen LogP contribution in [0, 0.1) is 5.92 Å². The molecule has 0 aromatic carbocycles. The lowest BCUT2D eigenvalue weighted by atomic mass is 10.1. The van der Waals surface area contributed by atoms with Gasteiger partial charge in [0.1, 0.15) is 49.3 Å². The molecule has 1 amide bonds. The standard InChI is InChI=1S/C25H31F2N11O9P2S2/c1-29-2-3-42-25(39)36-21-17-23(33-8-31-21)38(10-35-17)24-15(27)19-13(45-24)6-44-49(41,51)46-18-11(5-43-48(40,50)47-19)4-12(14(18)26)37-9-34-16-20(28)30-7-32-22(16)37/h7-15,18-19,24,29H,2-6H2,1H3,(H,40,50)(H,41,51)(H2,28,30,32)(H,31,33,36,39)/t11?,12-,13-,14+,15-,18-,19-,24-,48-,49-/m1/s1. The quantitative estimate of drug-likeness (QED) is 0.107. The summed E-state index contributed by atoms with van der Waals surface area (Å²) in [7, 11) is 1.69. The molecule has 4 N–H and O–H groups in total. The number of carbonyl (C=O) groups is 1. The monoisotopic (exact) mass is 793 g/mol. The molecule has 3 aliphatic rings. The summed E-state index contributed by atoms with van der Waals surface area (Å²) in [5, 5.41) is 5.29. The van der Waals surface area contributed by atoms with E-state index >= 15 is 8.78 Å². The van der Waals surface area contributed by atoms with E-state index in [0.29, 0.717) is 6.54 Å². The van der Waals surface area contributed by atoms with Gasteiger partial charge >= 0.3 is 19.7 Å². The summed E-state index contributed by atoms with van der Waals surface area (Å²) in [6.07, 6.45) is -5.88. The second-order valence-electron chi connectivity index (χ2n) is 11.7. The van der Waals surface area contributed by atoms with Crippen molar-refractivity contribution >= 4 is 78.1 Å². The number of halogens is 2. The van der Waals surface area contributed by atoms with Crippen molar-refractivity contribution in [1.82, 2.24) is 44.4 Å². The molecule has 6 heterocycles. The zero-order valence-electron chi connectivity index (χ0n) is 26.3. The van der Waals surface area contributed by atoms with Crippen LogP contribution in [-0.4, -0.2) is 109 Å². The van der Waals surface area contributed by atoms with Crippen molar-refractivity contribution in [2.24, 2.45) is 5.92 Å². The van der Waals surface area contributed by atoms with Gasteiger partial charge in [-0.1, -0.05) is 24.5 Å². The first kappa shape index (κ1) is 36.3. The number of ether oxygens (including phenoxy) is 2. The normalized spacial score (nSPS) is 34.5. The number of hydrogen-bond donors (Lipinski definition) is 5. The summed E-state index contributed by atoms with van der Waals surface area (Å²) >= 11 is 8.14. The Labute approximate surface area is 297 Å². The molecule has 1 aliphatic carbocycles. The highest BCUT2D eigenvalue weighted by molar-refractivity contribution is 8.44. The van der Waals surface area contributed by atoms with Gasteiger partial charge in [0.15, 0.2) is 40.8 Å². The van der Waals surface area contributed by atoms with E-state index in [1.165, 1.54) is 28.1 Å². The number of imidazole rings is 2. The van der Waals surface area contributed by atoms with Gasteiger partial charge in [0, 0.05) is 12.5 Å². The summed E-state index contributed by atoms with van der Waals surface area (Å²) in [6, 6.07) is -0.964. The van der Waals surface area contributed by atoms with Crippen LogP contribution < -0.4 is 16.4 Å². The number of nitrogens with zero attached hydrogens (tertiary/aromatic N) is 8. The number of likely N-dealkylation sites (N-methyl/N-ethyl adjacent to an activating group) is 1. The number of fused-ring (bicyclic) bond motifs is 4. The van der Waals surface area contributed by atoms with Crippen molar-refractivity contribution in [2.45, 2.75) is 49.3 Å². The number of aromatic nitrogens is 8. The molecule has 0 radical (unpaired) electrons. The van der Waals surface area contributed by atoms with Crippen LogP contribution in [0.4, 0.5) is 25.2 Å². The van der Waals surface area contributed by atoms with Gasteiger partial charge in [-0.25, -0.2) is 52.6 Å². The van der Waals surface area contributed by atoms with Crippen LogP contribution in [0.15, 0.2) is 25.3 Å². The van der Waals surface area contributed by atoms with Gasteiger partial charge in [0.05, 0.1) is 31.9 Å². The third-order valence-electron chi connectivity index (χ3n) is 8.50. The summed E-state index contributed by atoms with van der Waals surface area (Å²) in [5.74, 6) is -0.819. The van der Waals surface area contributed by atoms with Crippen molar-refractivity contribution < 1.29 is 50.3 Å². The minimum Gasteiger partial charge on any atom is -0.448 e. The zero-order chi connectivity index (χ0) is 36.1. The SMILES string of the molecule is CNCCOC(=O)Nc1ncnc2c1ncn2[C@@H]1O[C@@H]2CO[P@@](=O)(S)O[C@@H]3C(CO[P@@](=O)(S)O[C@H]2[C@H]1F)C[C@@H](n1cnc2c(N)ncnc21)[C@@H]3F. The van der Waals surface area contributed by atoms with Gasteiger partial charge < -0.3 is 29.6 Å². The fourth-order valence-corrected chi connectivity index (χ4v) is 9.20. The smallest absolute Gasteiger partial charge is 0.412 e. The number of nitrogens with one attached hydrogen (secondary N) is 2. The Morgan fingerprint density at radius 1 is 0.961 bits per heavy atom. The average molecular weight is 794 g/mol. The summed E-state index contributed by atoms with van der Waals surface area (Å²) in [4.78, 5) is 36.8. The Hall–Kier alpha value is -3.05. The van der Waals surface area contributed by atoms with E-state index in [9.17, 15) is 13.9 Å². The van der Waals surface area contributed by atoms with E-state index in [0.717, 1.165) is 6.33 Å². The molecule has 10 atom stereocenters. The number of hydrogen-bond acceptors (Lipinski definition) is 17. The fraction of sp³-hybridized carbons (Fsp3) is 0.560. The lowest BCUT2D eigenvalue weighted by Crippen LogP contribution is -2.35. The average Bonchev–Trinajstić information content (AvgIpc) is 3.85. The highest BCUT2D eigenvalue weighted by Gasteiger charge is 2.53. The van der Waals surface area contributed by atoms with Gasteiger partial charge in [0.25, 0.3) is 0 Å². The maximum Gasteiger partial charge on any atom is 0.412 e. The number of anilines is 2. The Morgan fingerprint density at radius 3 is 2.39 bits per heavy atom. The predicted molar refractivity (Wildman–Crippen MR) is 180 cm³/mol. The van der Waals surface area contributed by atoms with Gasteiger partial charge in [-0.2, -0.15) is 0 Å². The van der Waals surface area contributed by atoms with Crippen molar-refractivity contribution in [3.63, 3.8) is 0 Å². The van der Waals surface area contributed by atoms with Gasteiger partial charge in [0.2, 0.25) is 0 Å². The number of alkyl halides is 2. The Bertz CT molecular complexity index is 2030. The molecule has 4 aromatic rings. The van der Waals surface area contributed by atoms with E-state index in [1.807, 2.05) is 0 Å². The van der Waals surface area contributed by atoms with Crippen LogP contribution >= 0.6 is 38.1 Å². The van der Waals surface area contributed by atoms with Crippen molar-refractivity contribution in [2.75, 3.05) is 44.5 Å². The second-order valence-corrected chi connectivity index (χ2v) is 17.4. The van der Waals surface area contributed by atoms with Gasteiger partial charge in [-0.3, -0.25) is 23.5 Å². The molecule has 2 saturated heterocycles. The van der Waals surface area contributed by atoms with Crippen LogP contribution in [0.3, 0.4) is 0 Å². The molecule has 4 aromatic heterocycles. The second kappa shape index (κ2) is 14.4. The fourth-order valence-electron chi connectivity index (χ4n) is 6.15. The van der Waals surface area contributed by atoms with E-state index < -0.39 is 81.7 Å². The number of thiol groups is 2. The molecule has 26 heteroatoms. The molecule has 3 fully saturated rings. The highest BCUT2D eigenvalue weighted by atomic mass is 32.7. The van der Waals surface area contributed by atoms with Crippen molar-refractivity contribution in [1.29, 1.82) is 0 Å². The maximum atomic E-state index is 16.3. The summed E-state index contributed by atoms with van der Waals surface area (Å²) in [6.45, 7) is -9.37. The largest absolute Gasteiger partial charge is 0.448 e. The Kier molecular flexibility index (Phi) is 10.3. The molecule has 20 nitrogen and oxygen atoms in total. The molecular formula is C25H31F2N11O9P2S2. The first-order chi connectivity index (χ1) is 24.4. The molecule has 0 bridgehead atoms. The van der Waals surface area contributed by atoms with E-state index in [-0.39, 0.29) is 47.0 Å². The zero-order valence-corrected chi connectivity index (χ0v) is 29.9. The number of amides is 1. The van der Waals surface area contributed by atoms with Crippen LogP contribution in [0.5, 0.6) is 0 Å². The number of nitrogen functional groups attached to an aromatic ring is 1. The first-order valence-electron chi connectivity index (χ1n) is 15.3. The first-order valence-corrected chi connectivity index (χ1v) is 20.7. The minimum absolute atomic E-state index is 0.00576. The number of carbonyl (C=O) groups excluding carboxylic acids is 1. The van der Waals surface area contributed by atoms with Crippen LogP contribution in [-0.2, 0) is 36.7 Å². The Balaban J connectivity index is 1.11. The maximum absolute atomic E-state index is 16.3. The van der Waals surface area contributed by atoms with Gasteiger partial charge in [-0.05, 0) is 13.5 Å². The van der Waals surface area contributed by atoms with Crippen LogP contribution in [0.25, 0.3) is 22.3 Å². The molecule has 1 saturated carbocycles. The van der Waals surface area contributed by atoms with E-state index in [4.69, 9.17) is 33.3 Å². The third-order valence-corrected chi connectivity index (χ3v) is 11.7. The molecular weight excluding hydrogens is 762 g/mol. The number of rotatable bonds is 6. The summed E-state index contributed by atoms with van der Waals surface area (Å²) in [5.41, 5.74) is 6.52. The molecule has 7 rings (SSSR count). The molecule has 0 spiro atoms. The summed E-state index contributed by atoms with van der Waals surface area (Å²) < 4.78 is 95.4. The van der Waals surface area contributed by atoms with E-state index in [2.05, 4.69) is 65.0 Å². The third kappa shape index (κ3) is 7.31. The van der Waals surface area contributed by atoms with Crippen molar-refractivity contribution in [3.05, 3.63) is 25.3 Å². The molecule has 276 valence electrons.